The summed E-state index contributed by atoms with van der Waals surface area (Å²) in [4.78, 5) is 42.0. The second-order valence-electron chi connectivity index (χ2n) is 7.22. The van der Waals surface area contributed by atoms with Crippen LogP contribution in [0.2, 0.25) is 5.28 Å². The molecule has 0 saturated heterocycles. The van der Waals surface area contributed by atoms with Gasteiger partial charge in [0.25, 0.3) is 5.56 Å². The number of aryl methyl sites for hydroxylation is 2. The smallest absolute Gasteiger partial charge is 0.332 e. The second kappa shape index (κ2) is 7.17. The predicted octanol–water partition coefficient (Wildman–Crippen LogP) is 2.03. The molecule has 9 nitrogen and oxygen atoms in total. The number of aromatic nitrogens is 5. The first-order valence-electron chi connectivity index (χ1n) is 9.24. The Hall–Kier alpha value is -3.33. The molecule has 4 heterocycles. The van der Waals surface area contributed by atoms with E-state index in [0.717, 1.165) is 21.7 Å². The zero-order valence-electron chi connectivity index (χ0n) is 17.0. The number of halogens is 1. The molecule has 4 aromatic rings. The van der Waals surface area contributed by atoms with Gasteiger partial charge in [-0.2, -0.15) is 4.98 Å². The summed E-state index contributed by atoms with van der Waals surface area (Å²) in [5.74, 6) is 0.565. The zero-order chi connectivity index (χ0) is 21.7. The minimum Gasteiger partial charge on any atom is -0.467 e. The summed E-state index contributed by atoms with van der Waals surface area (Å²) >= 11 is 6.24. The van der Waals surface area contributed by atoms with E-state index in [1.807, 2.05) is 36.6 Å². The first-order valence-corrected chi connectivity index (χ1v) is 9.62. The molecule has 0 N–H and O–H groups in total. The molecule has 0 fully saturated rings. The monoisotopic (exact) mass is 429 g/mol. The molecule has 156 valence electrons. The molecule has 0 bridgehead atoms. The maximum absolute atomic E-state index is 13.1. The normalized spacial score (nSPS) is 11.5. The molecule has 10 heteroatoms. The van der Waals surface area contributed by atoms with Crippen LogP contribution in [-0.4, -0.2) is 29.0 Å². The third-order valence-electron chi connectivity index (χ3n) is 5.37. The van der Waals surface area contributed by atoms with Crippen LogP contribution in [0.3, 0.4) is 0 Å². The first kappa shape index (κ1) is 20.0. The lowest BCUT2D eigenvalue weighted by molar-refractivity contribution is 0.0972. The third kappa shape index (κ3) is 3.02. The van der Waals surface area contributed by atoms with Gasteiger partial charge in [0, 0.05) is 31.0 Å². The zero-order valence-corrected chi connectivity index (χ0v) is 17.7. The number of hydrogen-bond donors (Lipinski definition) is 0. The van der Waals surface area contributed by atoms with Crippen LogP contribution in [0.15, 0.2) is 38.5 Å². The first-order chi connectivity index (χ1) is 14.2. The van der Waals surface area contributed by atoms with Crippen molar-refractivity contribution in [2.45, 2.75) is 26.9 Å². The van der Waals surface area contributed by atoms with Gasteiger partial charge >= 0.3 is 5.69 Å². The fourth-order valence-electron chi connectivity index (χ4n) is 3.68. The lowest BCUT2D eigenvalue weighted by Crippen LogP contribution is -2.37. The lowest BCUT2D eigenvalue weighted by atomic mass is 10.1. The summed E-state index contributed by atoms with van der Waals surface area (Å²) in [6.07, 6.45) is 1.61. The molecule has 0 radical (unpaired) electrons. The lowest BCUT2D eigenvalue weighted by Gasteiger charge is -2.09. The van der Waals surface area contributed by atoms with Crippen LogP contribution in [0.25, 0.3) is 11.2 Å². The molecule has 4 rings (SSSR count). The molecule has 0 unspecified atom stereocenters. The van der Waals surface area contributed by atoms with Crippen LogP contribution in [0.4, 0.5) is 0 Å². The van der Waals surface area contributed by atoms with E-state index in [0.29, 0.717) is 12.1 Å². The molecule has 0 aliphatic carbocycles. The number of carbonyl (C=O) groups excluding carboxylic acids is 1. The van der Waals surface area contributed by atoms with Crippen molar-refractivity contribution in [3.8, 4) is 0 Å². The van der Waals surface area contributed by atoms with Crippen molar-refractivity contribution in [3.05, 3.63) is 73.3 Å². The van der Waals surface area contributed by atoms with Crippen LogP contribution in [0, 0.1) is 13.8 Å². The molecule has 30 heavy (non-hydrogen) atoms. The molecule has 0 saturated carbocycles. The van der Waals surface area contributed by atoms with Gasteiger partial charge in [-0.1, -0.05) is 0 Å². The topological polar surface area (TPSA) is 97.0 Å². The van der Waals surface area contributed by atoms with Gasteiger partial charge in [-0.3, -0.25) is 18.7 Å². The Balaban J connectivity index is 1.75. The summed E-state index contributed by atoms with van der Waals surface area (Å²) in [5, 5.41) is -0.0268. The van der Waals surface area contributed by atoms with Crippen molar-refractivity contribution in [2.75, 3.05) is 0 Å². The average Bonchev–Trinajstić information content (AvgIpc) is 3.40. The number of imidazole rings is 1. The minimum atomic E-state index is -0.552. The highest BCUT2D eigenvalue weighted by Crippen LogP contribution is 2.21. The van der Waals surface area contributed by atoms with Crippen LogP contribution in [0.5, 0.6) is 0 Å². The highest BCUT2D eigenvalue weighted by atomic mass is 35.5. The summed E-state index contributed by atoms with van der Waals surface area (Å²) in [6.45, 7) is 4.11. The van der Waals surface area contributed by atoms with Crippen molar-refractivity contribution >= 4 is 28.5 Å². The van der Waals surface area contributed by atoms with E-state index in [-0.39, 0.29) is 28.8 Å². The van der Waals surface area contributed by atoms with Gasteiger partial charge in [0.2, 0.25) is 5.28 Å². The Morgan fingerprint density at radius 3 is 2.57 bits per heavy atom. The van der Waals surface area contributed by atoms with Crippen LogP contribution in [-0.2, 0) is 27.2 Å². The van der Waals surface area contributed by atoms with Gasteiger partial charge in [0.1, 0.15) is 5.76 Å². The Morgan fingerprint density at radius 1 is 1.17 bits per heavy atom. The number of hydrogen-bond acceptors (Lipinski definition) is 5. The van der Waals surface area contributed by atoms with Crippen molar-refractivity contribution in [2.24, 2.45) is 14.1 Å². The standard InChI is InChI=1S/C20H20ClN5O4/c1-11-8-14(12(2)25(11)9-13-6-5-7-30-13)15(27)10-26-16-17(22-19(26)21)23(3)20(29)24(4)18(16)28/h5-8H,9-10H2,1-4H3. The maximum Gasteiger partial charge on any atom is 0.332 e. The Bertz CT molecular complexity index is 1400. The summed E-state index contributed by atoms with van der Waals surface area (Å²) in [7, 11) is 2.88. The Labute approximate surface area is 175 Å². The van der Waals surface area contributed by atoms with E-state index >= 15 is 0 Å². The number of fused-ring (bicyclic) bond motifs is 1. The number of rotatable bonds is 5. The molecular formula is C20H20ClN5O4. The van der Waals surface area contributed by atoms with Crippen molar-refractivity contribution < 1.29 is 9.21 Å². The molecule has 0 aliphatic rings. The van der Waals surface area contributed by atoms with Gasteiger partial charge in [0.15, 0.2) is 16.9 Å². The number of ketones is 1. The summed E-state index contributed by atoms with van der Waals surface area (Å²) in [6, 6.07) is 5.49. The van der Waals surface area contributed by atoms with E-state index in [1.165, 1.54) is 23.2 Å². The minimum absolute atomic E-state index is 0.0268. The van der Waals surface area contributed by atoms with Gasteiger partial charge in [-0.15, -0.1) is 0 Å². The van der Waals surface area contributed by atoms with Crippen LogP contribution < -0.4 is 11.2 Å². The fourth-order valence-corrected chi connectivity index (χ4v) is 3.90. The van der Waals surface area contributed by atoms with Crippen molar-refractivity contribution in [3.63, 3.8) is 0 Å². The Morgan fingerprint density at radius 2 is 1.90 bits per heavy atom. The van der Waals surface area contributed by atoms with E-state index in [2.05, 4.69) is 4.98 Å². The molecule has 0 amide bonds. The van der Waals surface area contributed by atoms with Gasteiger partial charge in [-0.05, 0) is 43.6 Å². The third-order valence-corrected chi connectivity index (χ3v) is 5.66. The van der Waals surface area contributed by atoms with E-state index in [1.54, 1.807) is 6.26 Å². The molecule has 4 aromatic heterocycles. The van der Waals surface area contributed by atoms with E-state index < -0.39 is 11.2 Å². The Kier molecular flexibility index (Phi) is 4.77. The summed E-state index contributed by atoms with van der Waals surface area (Å²) in [5.41, 5.74) is 1.41. The quantitative estimate of drug-likeness (QED) is 0.357. The molecule has 0 aliphatic heterocycles. The average molecular weight is 430 g/mol. The van der Waals surface area contributed by atoms with Crippen LogP contribution >= 0.6 is 11.6 Å². The largest absolute Gasteiger partial charge is 0.467 e. The van der Waals surface area contributed by atoms with Crippen molar-refractivity contribution in [1.82, 2.24) is 23.3 Å². The number of carbonyl (C=O) groups is 1. The highest BCUT2D eigenvalue weighted by Gasteiger charge is 2.22. The van der Waals surface area contributed by atoms with Gasteiger partial charge < -0.3 is 13.6 Å². The second-order valence-corrected chi connectivity index (χ2v) is 7.56. The van der Waals surface area contributed by atoms with Gasteiger partial charge in [-0.25, -0.2) is 4.79 Å². The van der Waals surface area contributed by atoms with Crippen LogP contribution in [0.1, 0.15) is 27.5 Å². The SMILES string of the molecule is Cc1cc(C(=O)Cn2c(Cl)nc3c2c(=O)n(C)c(=O)n3C)c(C)n1Cc1ccco1. The predicted molar refractivity (Wildman–Crippen MR) is 111 cm³/mol. The highest BCUT2D eigenvalue weighted by molar-refractivity contribution is 6.29. The molecule has 0 spiro atoms. The molecule has 0 aromatic carbocycles. The van der Waals surface area contributed by atoms with Gasteiger partial charge in [0.05, 0.1) is 19.4 Å². The molecular weight excluding hydrogens is 410 g/mol. The van der Waals surface area contributed by atoms with Crippen molar-refractivity contribution in [1.29, 1.82) is 0 Å². The summed E-state index contributed by atoms with van der Waals surface area (Å²) < 4.78 is 11.0. The number of Topliss-reactive ketones (excluding diaryl/α,β-unsaturated/α-hetero) is 1. The molecule has 0 atom stereocenters. The number of furan rings is 1. The fraction of sp³-hybridized carbons (Fsp3) is 0.300. The number of nitrogens with zero attached hydrogens (tertiary/aromatic N) is 5. The maximum atomic E-state index is 13.1. The van der Waals surface area contributed by atoms with E-state index in [9.17, 15) is 14.4 Å². The van der Waals surface area contributed by atoms with E-state index in [4.69, 9.17) is 16.0 Å².